The van der Waals surface area contributed by atoms with Crippen LogP contribution in [0.5, 0.6) is 0 Å². The highest BCUT2D eigenvalue weighted by atomic mass is 16.3. The van der Waals surface area contributed by atoms with Gasteiger partial charge in [0.25, 0.3) is 0 Å². The van der Waals surface area contributed by atoms with E-state index in [1.807, 2.05) is 37.3 Å². The summed E-state index contributed by atoms with van der Waals surface area (Å²) in [4.78, 5) is 0. The molecule has 1 unspecified atom stereocenters. The molecule has 0 bridgehead atoms. The molecule has 0 fully saturated rings. The second-order valence-corrected chi connectivity index (χ2v) is 4.56. The largest absolute Gasteiger partial charge is 0.385 e. The van der Waals surface area contributed by atoms with E-state index in [-0.39, 0.29) is 0 Å². The Morgan fingerprint density at radius 1 is 1.25 bits per heavy atom. The Morgan fingerprint density at radius 3 is 2.38 bits per heavy atom. The van der Waals surface area contributed by atoms with Crippen molar-refractivity contribution in [1.29, 1.82) is 0 Å². The number of unbranched alkanes of at least 4 members (excludes halogenated alkanes) is 2. The van der Waals surface area contributed by atoms with Crippen LogP contribution >= 0.6 is 0 Å². The molecule has 1 rings (SSSR count). The summed E-state index contributed by atoms with van der Waals surface area (Å²) in [6, 6.07) is 7.97. The van der Waals surface area contributed by atoms with E-state index >= 15 is 0 Å². The maximum atomic E-state index is 10.4. The summed E-state index contributed by atoms with van der Waals surface area (Å²) in [5.74, 6) is 0. The smallest absolute Gasteiger partial charge is 0.0868 e. The highest BCUT2D eigenvalue weighted by Crippen LogP contribution is 2.27. The molecule has 1 heteroatoms. The predicted octanol–water partition coefficient (Wildman–Crippen LogP) is 4.12. The molecule has 1 aromatic carbocycles. The molecule has 1 N–H and O–H groups in total. The maximum Gasteiger partial charge on any atom is 0.0868 e. The van der Waals surface area contributed by atoms with Crippen molar-refractivity contribution in [3.8, 4) is 0 Å². The zero-order valence-corrected chi connectivity index (χ0v) is 10.4. The van der Waals surface area contributed by atoms with E-state index in [1.54, 1.807) is 0 Å². The predicted molar refractivity (Wildman–Crippen MR) is 70.2 cm³/mol. The van der Waals surface area contributed by atoms with Crippen molar-refractivity contribution in [3.63, 3.8) is 0 Å². The van der Waals surface area contributed by atoms with Gasteiger partial charge in [0.15, 0.2) is 0 Å². The van der Waals surface area contributed by atoms with Crippen LogP contribution in [0.3, 0.4) is 0 Å². The summed E-state index contributed by atoms with van der Waals surface area (Å²) in [5.41, 5.74) is 1.39. The number of aliphatic hydroxyl groups is 1. The third-order valence-electron chi connectivity index (χ3n) is 3.04. The first-order valence-corrected chi connectivity index (χ1v) is 6.05. The molecular weight excluding hydrogens is 196 g/mol. The summed E-state index contributed by atoms with van der Waals surface area (Å²) in [7, 11) is 0. The molecule has 0 aliphatic rings. The van der Waals surface area contributed by atoms with E-state index in [1.165, 1.54) is 12.8 Å². The van der Waals surface area contributed by atoms with Gasteiger partial charge in [-0.1, -0.05) is 63.1 Å². The lowest BCUT2D eigenvalue weighted by atomic mass is 9.90. The van der Waals surface area contributed by atoms with Crippen LogP contribution in [0.2, 0.25) is 0 Å². The molecule has 1 nitrogen and oxygen atoms in total. The van der Waals surface area contributed by atoms with E-state index < -0.39 is 5.60 Å². The monoisotopic (exact) mass is 218 g/mol. The minimum absolute atomic E-state index is 0.700. The summed E-state index contributed by atoms with van der Waals surface area (Å²) >= 11 is 0. The van der Waals surface area contributed by atoms with E-state index in [4.69, 9.17) is 0 Å². The molecular formula is C15H22O. The molecule has 1 atom stereocenters. The molecule has 88 valence electrons. The summed E-state index contributed by atoms with van der Waals surface area (Å²) in [5, 5.41) is 10.4. The minimum atomic E-state index is -0.700. The van der Waals surface area contributed by atoms with Gasteiger partial charge in [-0.2, -0.15) is 0 Å². The Balaban J connectivity index is 2.68. The van der Waals surface area contributed by atoms with Gasteiger partial charge in [-0.15, -0.1) is 0 Å². The van der Waals surface area contributed by atoms with Gasteiger partial charge in [-0.3, -0.25) is 0 Å². The second kappa shape index (κ2) is 5.86. The zero-order valence-electron chi connectivity index (χ0n) is 10.4. The van der Waals surface area contributed by atoms with Crippen LogP contribution in [-0.2, 0) is 5.60 Å². The van der Waals surface area contributed by atoms with Gasteiger partial charge < -0.3 is 5.11 Å². The van der Waals surface area contributed by atoms with Crippen molar-refractivity contribution >= 4 is 6.08 Å². The van der Waals surface area contributed by atoms with Gasteiger partial charge >= 0.3 is 0 Å². The highest BCUT2D eigenvalue weighted by Gasteiger charge is 2.21. The van der Waals surface area contributed by atoms with Crippen molar-refractivity contribution in [2.45, 2.75) is 45.1 Å². The first-order valence-electron chi connectivity index (χ1n) is 6.05. The molecule has 0 radical (unpaired) electrons. The van der Waals surface area contributed by atoms with Crippen molar-refractivity contribution in [2.75, 3.05) is 0 Å². The normalized spacial score (nSPS) is 14.4. The van der Waals surface area contributed by atoms with Gasteiger partial charge in [0.1, 0.15) is 0 Å². The molecule has 0 aliphatic carbocycles. The van der Waals surface area contributed by atoms with Crippen LogP contribution in [0.25, 0.3) is 6.08 Å². The molecule has 0 aliphatic heterocycles. The number of hydrogen-bond acceptors (Lipinski definition) is 1. The van der Waals surface area contributed by atoms with E-state index in [0.29, 0.717) is 0 Å². The first kappa shape index (κ1) is 13.0. The zero-order chi connectivity index (χ0) is 12.0. The van der Waals surface area contributed by atoms with Crippen LogP contribution in [0.1, 0.15) is 50.7 Å². The summed E-state index contributed by atoms with van der Waals surface area (Å²) in [6.45, 7) is 7.79. The van der Waals surface area contributed by atoms with Crippen LogP contribution in [-0.4, -0.2) is 5.11 Å². The quantitative estimate of drug-likeness (QED) is 0.712. The topological polar surface area (TPSA) is 20.2 Å². The molecule has 0 aromatic heterocycles. The molecule has 0 spiro atoms. The van der Waals surface area contributed by atoms with Gasteiger partial charge in [0.2, 0.25) is 0 Å². The van der Waals surface area contributed by atoms with Crippen molar-refractivity contribution < 1.29 is 5.11 Å². The van der Waals surface area contributed by atoms with Crippen LogP contribution in [0.15, 0.2) is 30.8 Å². The average Bonchev–Trinajstić information content (AvgIpc) is 2.29. The van der Waals surface area contributed by atoms with Crippen LogP contribution in [0.4, 0.5) is 0 Å². The van der Waals surface area contributed by atoms with Crippen molar-refractivity contribution in [2.24, 2.45) is 0 Å². The number of rotatable bonds is 6. The molecule has 0 saturated carbocycles. The molecule has 0 saturated heterocycles. The van der Waals surface area contributed by atoms with E-state index in [9.17, 15) is 5.11 Å². The summed E-state index contributed by atoms with van der Waals surface area (Å²) in [6.07, 6.45) is 6.09. The van der Waals surface area contributed by atoms with Gasteiger partial charge in [-0.25, -0.2) is 0 Å². The lowest BCUT2D eigenvalue weighted by Crippen LogP contribution is -2.20. The standard InChI is InChI=1S/C15H22O/c1-4-6-7-12-15(3,16)14-10-8-13(5-2)9-11-14/h5,8-11,16H,2,4,6-7,12H2,1,3H3. The number of hydrogen-bond donors (Lipinski definition) is 1. The van der Waals surface area contributed by atoms with Crippen LogP contribution < -0.4 is 0 Å². The Labute approximate surface area is 98.8 Å². The average molecular weight is 218 g/mol. The molecule has 16 heavy (non-hydrogen) atoms. The van der Waals surface area contributed by atoms with E-state index in [2.05, 4.69) is 13.5 Å². The lowest BCUT2D eigenvalue weighted by molar-refractivity contribution is 0.0450. The third kappa shape index (κ3) is 3.49. The number of benzene rings is 1. The van der Waals surface area contributed by atoms with Gasteiger partial charge in [0, 0.05) is 0 Å². The van der Waals surface area contributed by atoms with Crippen LogP contribution in [0, 0.1) is 0 Å². The Hall–Kier alpha value is -1.08. The third-order valence-corrected chi connectivity index (χ3v) is 3.04. The Kier molecular flexibility index (Phi) is 4.75. The maximum absolute atomic E-state index is 10.4. The SMILES string of the molecule is C=Cc1ccc(C(C)(O)CCCCC)cc1. The van der Waals surface area contributed by atoms with Crippen molar-refractivity contribution in [3.05, 3.63) is 42.0 Å². The second-order valence-electron chi connectivity index (χ2n) is 4.56. The van der Waals surface area contributed by atoms with Gasteiger partial charge in [0.05, 0.1) is 5.60 Å². The van der Waals surface area contributed by atoms with Gasteiger partial charge in [-0.05, 0) is 24.5 Å². The Bertz CT molecular complexity index is 322. The molecule has 0 amide bonds. The molecule has 0 heterocycles. The summed E-state index contributed by atoms with van der Waals surface area (Å²) < 4.78 is 0. The minimum Gasteiger partial charge on any atom is -0.385 e. The fraction of sp³-hybridized carbons (Fsp3) is 0.467. The van der Waals surface area contributed by atoms with Crippen molar-refractivity contribution in [1.82, 2.24) is 0 Å². The first-order chi connectivity index (χ1) is 7.60. The van der Waals surface area contributed by atoms with E-state index in [0.717, 1.165) is 24.0 Å². The lowest BCUT2D eigenvalue weighted by Gasteiger charge is -2.24. The fourth-order valence-electron chi connectivity index (χ4n) is 1.84. The fourth-order valence-corrected chi connectivity index (χ4v) is 1.84. The Morgan fingerprint density at radius 2 is 1.88 bits per heavy atom. The molecule has 1 aromatic rings. The highest BCUT2D eigenvalue weighted by molar-refractivity contribution is 5.47.